The number of hydrogen-bond acceptors (Lipinski definition) is 0. The molecule has 0 fully saturated rings. The first-order chi connectivity index (χ1) is 4.72. The topological polar surface area (TPSA) is 0 Å². The van der Waals surface area contributed by atoms with E-state index < -0.39 is 0 Å². The Morgan fingerprint density at radius 3 is 1.55 bits per heavy atom. The van der Waals surface area contributed by atoms with Crippen LogP contribution in [0.2, 0.25) is 0 Å². The fraction of sp³-hybridized carbons (Fsp3) is 0.800. The standard InChI is InChI=1S/C6H13.C4H9.Sc/c1-4-6(3)5-2;1-3-4-2;/h6H,1,4-5H2,2-3H3;1,3-4H2,2H3;/q2*-1;. The average molecular weight is 187 g/mol. The molecule has 0 bridgehead atoms. The van der Waals surface area contributed by atoms with Crippen molar-refractivity contribution in [1.82, 2.24) is 0 Å². The van der Waals surface area contributed by atoms with E-state index in [1.54, 1.807) is 0 Å². The van der Waals surface area contributed by atoms with Crippen LogP contribution in [-0.2, 0) is 25.8 Å². The molecule has 0 aliphatic carbocycles. The van der Waals surface area contributed by atoms with Crippen molar-refractivity contribution < 1.29 is 25.8 Å². The Hall–Kier alpha value is 0.870. The van der Waals surface area contributed by atoms with Crippen LogP contribution in [0, 0.1) is 19.8 Å². The van der Waals surface area contributed by atoms with Crippen LogP contribution in [0.25, 0.3) is 0 Å². The van der Waals surface area contributed by atoms with Crippen LogP contribution in [0.5, 0.6) is 0 Å². The van der Waals surface area contributed by atoms with Gasteiger partial charge in [-0.2, -0.15) is 12.8 Å². The van der Waals surface area contributed by atoms with Crippen LogP contribution in [0.1, 0.15) is 46.5 Å². The van der Waals surface area contributed by atoms with Crippen LogP contribution in [0.3, 0.4) is 0 Å². The molecule has 0 saturated heterocycles. The van der Waals surface area contributed by atoms with E-state index in [1.807, 2.05) is 0 Å². The smallest absolute Gasteiger partial charge is 0 e. The van der Waals surface area contributed by atoms with Crippen LogP contribution < -0.4 is 0 Å². The van der Waals surface area contributed by atoms with Gasteiger partial charge < -0.3 is 13.8 Å². The molecular formula is C10H22Sc-2. The molecule has 1 unspecified atom stereocenters. The Kier molecular flexibility index (Phi) is 27.7. The second-order valence-corrected chi connectivity index (χ2v) is 2.66. The molecule has 1 radical (unpaired) electrons. The van der Waals surface area contributed by atoms with Gasteiger partial charge in [-0.3, -0.25) is 0 Å². The first-order valence-electron chi connectivity index (χ1n) is 4.31. The molecule has 0 nitrogen and oxygen atoms in total. The first kappa shape index (κ1) is 17.8. The summed E-state index contributed by atoms with van der Waals surface area (Å²) < 4.78 is 0. The zero-order chi connectivity index (χ0) is 8.41. The fourth-order valence-corrected chi connectivity index (χ4v) is 0.204. The molecule has 0 N–H and O–H groups in total. The molecule has 0 heterocycles. The summed E-state index contributed by atoms with van der Waals surface area (Å²) in [6.45, 7) is 13.9. The number of rotatable bonds is 3. The summed E-state index contributed by atoms with van der Waals surface area (Å²) in [7, 11) is 0. The van der Waals surface area contributed by atoms with Crippen molar-refractivity contribution in [1.29, 1.82) is 0 Å². The van der Waals surface area contributed by atoms with Crippen molar-refractivity contribution in [2.45, 2.75) is 46.5 Å². The zero-order valence-electron chi connectivity index (χ0n) is 8.40. The molecule has 67 valence electrons. The normalized spacial score (nSPS) is 10.6. The minimum Gasteiger partial charge on any atom is -0.343 e. The molecular weight excluding hydrogens is 165 g/mol. The average Bonchev–Trinajstić information content (AvgIpc) is 2.03. The molecule has 0 saturated carbocycles. The summed E-state index contributed by atoms with van der Waals surface area (Å²) in [5.41, 5.74) is 0. The van der Waals surface area contributed by atoms with Gasteiger partial charge in [0.15, 0.2) is 0 Å². The van der Waals surface area contributed by atoms with Crippen molar-refractivity contribution in [3.63, 3.8) is 0 Å². The molecule has 0 rings (SSSR count). The molecule has 0 aromatic rings. The Labute approximate surface area is 91.9 Å². The third kappa shape index (κ3) is 24.8. The maximum absolute atomic E-state index is 3.76. The van der Waals surface area contributed by atoms with E-state index >= 15 is 0 Å². The van der Waals surface area contributed by atoms with Crippen LogP contribution >= 0.6 is 0 Å². The predicted molar refractivity (Wildman–Crippen MR) is 49.7 cm³/mol. The van der Waals surface area contributed by atoms with E-state index in [0.29, 0.717) is 0 Å². The van der Waals surface area contributed by atoms with Gasteiger partial charge in [-0.1, -0.05) is 39.5 Å². The third-order valence-corrected chi connectivity index (χ3v) is 1.54. The number of unbranched alkanes of at least 4 members (excludes halogenated alkanes) is 1. The zero-order valence-corrected chi connectivity index (χ0v) is 10.2. The van der Waals surface area contributed by atoms with Gasteiger partial charge in [-0.15, -0.1) is 0 Å². The SMILES string of the molecule is [CH2-]CC(C)CC.[CH2-]CCC.[Sc]. The Morgan fingerprint density at radius 2 is 1.55 bits per heavy atom. The maximum Gasteiger partial charge on any atom is 0 e. The predicted octanol–water partition coefficient (Wildman–Crippen LogP) is 3.87. The molecule has 1 atom stereocenters. The first-order valence-corrected chi connectivity index (χ1v) is 4.31. The number of hydrogen-bond donors (Lipinski definition) is 0. The van der Waals surface area contributed by atoms with Crippen molar-refractivity contribution in [3.05, 3.63) is 13.8 Å². The van der Waals surface area contributed by atoms with E-state index in [4.69, 9.17) is 0 Å². The molecule has 0 spiro atoms. The summed E-state index contributed by atoms with van der Waals surface area (Å²) in [6.07, 6.45) is 4.62. The Bertz CT molecular complexity index is 38.1. The fourth-order valence-electron chi connectivity index (χ4n) is 0.204. The molecule has 1 heteroatoms. The third-order valence-electron chi connectivity index (χ3n) is 1.54. The van der Waals surface area contributed by atoms with Crippen LogP contribution in [0.4, 0.5) is 0 Å². The van der Waals surface area contributed by atoms with Gasteiger partial charge in [0.05, 0.1) is 0 Å². The second kappa shape index (κ2) is 17.1. The van der Waals surface area contributed by atoms with E-state index in [2.05, 4.69) is 34.6 Å². The van der Waals surface area contributed by atoms with Crippen LogP contribution in [-0.4, -0.2) is 0 Å². The Morgan fingerprint density at radius 1 is 1.18 bits per heavy atom. The maximum atomic E-state index is 3.76. The van der Waals surface area contributed by atoms with Gasteiger partial charge in [0, 0.05) is 25.8 Å². The van der Waals surface area contributed by atoms with Crippen molar-refractivity contribution in [2.24, 2.45) is 5.92 Å². The molecule has 0 aliphatic rings. The van der Waals surface area contributed by atoms with Crippen molar-refractivity contribution >= 4 is 0 Å². The molecule has 0 aromatic heterocycles. The van der Waals surface area contributed by atoms with Gasteiger partial charge in [-0.05, 0) is 0 Å². The monoisotopic (exact) mass is 187 g/mol. The van der Waals surface area contributed by atoms with E-state index in [0.717, 1.165) is 18.8 Å². The van der Waals surface area contributed by atoms with Gasteiger partial charge in [-0.25, -0.2) is 0 Å². The summed E-state index contributed by atoms with van der Waals surface area (Å²) in [4.78, 5) is 0. The molecule has 11 heavy (non-hydrogen) atoms. The molecule has 0 aliphatic heterocycles. The summed E-state index contributed by atoms with van der Waals surface area (Å²) in [5, 5.41) is 0. The van der Waals surface area contributed by atoms with Gasteiger partial charge >= 0.3 is 0 Å². The Balaban J connectivity index is -0.000000114. The van der Waals surface area contributed by atoms with E-state index in [1.165, 1.54) is 12.8 Å². The summed E-state index contributed by atoms with van der Waals surface area (Å²) >= 11 is 0. The quantitative estimate of drug-likeness (QED) is 0.588. The van der Waals surface area contributed by atoms with Crippen molar-refractivity contribution in [2.75, 3.05) is 0 Å². The largest absolute Gasteiger partial charge is 0.343 e. The van der Waals surface area contributed by atoms with Gasteiger partial charge in [0.1, 0.15) is 0 Å². The summed E-state index contributed by atoms with van der Waals surface area (Å²) in [6, 6.07) is 0. The second-order valence-electron chi connectivity index (χ2n) is 2.66. The van der Waals surface area contributed by atoms with Crippen molar-refractivity contribution in [3.8, 4) is 0 Å². The van der Waals surface area contributed by atoms with Gasteiger partial charge in [0.2, 0.25) is 0 Å². The van der Waals surface area contributed by atoms with E-state index in [-0.39, 0.29) is 25.8 Å². The summed E-state index contributed by atoms with van der Waals surface area (Å²) in [5.74, 6) is 0.824. The minimum atomic E-state index is 0. The van der Waals surface area contributed by atoms with Gasteiger partial charge in [0.25, 0.3) is 0 Å². The van der Waals surface area contributed by atoms with Crippen LogP contribution in [0.15, 0.2) is 0 Å². The van der Waals surface area contributed by atoms with E-state index in [9.17, 15) is 0 Å². The minimum absolute atomic E-state index is 0. The molecule has 0 aromatic carbocycles. The molecule has 0 amide bonds.